The van der Waals surface area contributed by atoms with Crippen molar-refractivity contribution in [2.75, 3.05) is 18.5 Å². The monoisotopic (exact) mass is 585 g/mol. The molecule has 218 valence electrons. The minimum atomic E-state index is -0.217. The normalized spacial score (nSPS) is 11.0. The van der Waals surface area contributed by atoms with Crippen LogP contribution in [0.25, 0.3) is 0 Å². The van der Waals surface area contributed by atoms with Gasteiger partial charge in [0.05, 0.1) is 17.0 Å². The molecule has 0 aliphatic heterocycles. The van der Waals surface area contributed by atoms with Crippen LogP contribution in [0.3, 0.4) is 0 Å². The number of thiazole rings is 1. The van der Waals surface area contributed by atoms with E-state index in [1.807, 2.05) is 18.2 Å². The first kappa shape index (κ1) is 32.0. The Balaban J connectivity index is 1.31. The number of ether oxygens (including phenoxy) is 2. The fourth-order valence-corrected chi connectivity index (χ4v) is 5.57. The molecule has 0 spiro atoms. The Morgan fingerprint density at radius 2 is 1.60 bits per heavy atom. The van der Waals surface area contributed by atoms with Gasteiger partial charge < -0.3 is 14.8 Å². The molecule has 0 atom stereocenters. The maximum atomic E-state index is 12.5. The Morgan fingerprint density at radius 1 is 0.900 bits per heavy atom. The molecule has 1 N–H and O–H groups in total. The van der Waals surface area contributed by atoms with E-state index in [4.69, 9.17) is 21.1 Å². The van der Waals surface area contributed by atoms with Gasteiger partial charge in [-0.2, -0.15) is 4.57 Å². The number of carbonyl (C=O) groups is 1. The molecule has 1 heterocycles. The number of nitrogens with zero attached hydrogens (tertiary/aromatic N) is 1. The van der Waals surface area contributed by atoms with Crippen LogP contribution in [0.5, 0.6) is 11.5 Å². The maximum Gasteiger partial charge on any atom is 0.262 e. The molecule has 1 aromatic heterocycles. The van der Waals surface area contributed by atoms with E-state index < -0.39 is 0 Å². The number of benzene rings is 2. The topological polar surface area (TPSA) is 51.4 Å². The van der Waals surface area contributed by atoms with Gasteiger partial charge in [0.2, 0.25) is 5.51 Å². The van der Waals surface area contributed by atoms with Gasteiger partial charge in [-0.1, -0.05) is 113 Å². The first-order valence-corrected chi connectivity index (χ1v) is 16.2. The molecule has 7 heteroatoms. The van der Waals surface area contributed by atoms with Crippen molar-refractivity contribution in [1.82, 2.24) is 0 Å². The molecule has 0 saturated heterocycles. The molecule has 0 unspecified atom stereocenters. The fraction of sp³-hybridized carbons (Fsp3) is 0.515. The van der Waals surface area contributed by atoms with E-state index in [0.717, 1.165) is 30.6 Å². The van der Waals surface area contributed by atoms with Crippen LogP contribution >= 0.6 is 22.9 Å². The third-order valence-corrected chi connectivity index (χ3v) is 8.14. The Labute approximate surface area is 249 Å². The average molecular weight is 586 g/mol. The number of nitrogens with one attached hydrogen (secondary N) is 1. The Kier molecular flexibility index (Phi) is 15.0. The molecule has 3 rings (SSSR count). The lowest BCUT2D eigenvalue weighted by Gasteiger charge is -2.12. The highest BCUT2D eigenvalue weighted by Gasteiger charge is 2.11. The van der Waals surface area contributed by atoms with Crippen LogP contribution in [0, 0.1) is 6.92 Å². The molecule has 0 saturated carbocycles. The second kappa shape index (κ2) is 18.7. The summed E-state index contributed by atoms with van der Waals surface area (Å²) in [6, 6.07) is 13.2. The van der Waals surface area contributed by atoms with Crippen molar-refractivity contribution in [2.45, 2.75) is 97.4 Å². The van der Waals surface area contributed by atoms with Crippen LogP contribution in [0.15, 0.2) is 53.4 Å². The van der Waals surface area contributed by atoms with Crippen molar-refractivity contribution in [3.63, 3.8) is 0 Å². The van der Waals surface area contributed by atoms with Gasteiger partial charge in [-0.25, -0.2) is 0 Å². The van der Waals surface area contributed by atoms with Crippen LogP contribution in [0.2, 0.25) is 5.02 Å². The molecule has 0 aliphatic rings. The summed E-state index contributed by atoms with van der Waals surface area (Å²) in [5, 5.41) is 5.59. The summed E-state index contributed by atoms with van der Waals surface area (Å²) in [7, 11) is 0. The summed E-state index contributed by atoms with van der Waals surface area (Å²) < 4.78 is 13.8. The summed E-state index contributed by atoms with van der Waals surface area (Å²) in [6.07, 6.45) is 15.7. The lowest BCUT2D eigenvalue weighted by atomic mass is 10.1. The molecular weight excluding hydrogens is 540 g/mol. The van der Waals surface area contributed by atoms with Crippen molar-refractivity contribution in [3.8, 4) is 11.5 Å². The van der Waals surface area contributed by atoms with E-state index in [9.17, 15) is 4.79 Å². The SMILES string of the molecule is CCCCCCCCCCCCCCOc1cc(OCC(=O)Nc2cccc(C[n+]3cscc3C)c2)ccc1Cl. The second-order valence-electron chi connectivity index (χ2n) is 10.5. The maximum absolute atomic E-state index is 12.5. The van der Waals surface area contributed by atoms with Crippen molar-refractivity contribution >= 4 is 34.5 Å². The Bertz CT molecular complexity index is 1150. The molecule has 0 bridgehead atoms. The lowest BCUT2D eigenvalue weighted by Crippen LogP contribution is -2.34. The van der Waals surface area contributed by atoms with Crippen LogP contribution in [0.1, 0.15) is 95.2 Å². The van der Waals surface area contributed by atoms with E-state index in [1.54, 1.807) is 29.5 Å². The van der Waals surface area contributed by atoms with E-state index in [-0.39, 0.29) is 12.5 Å². The van der Waals surface area contributed by atoms with E-state index in [2.05, 4.69) is 40.7 Å². The molecule has 40 heavy (non-hydrogen) atoms. The largest absolute Gasteiger partial charge is 0.492 e. The molecule has 0 fully saturated rings. The van der Waals surface area contributed by atoms with E-state index in [0.29, 0.717) is 23.1 Å². The number of anilines is 1. The standard InChI is InChI=1S/C33H45ClN2O3S/c1-3-4-5-6-7-8-9-10-11-12-13-14-20-38-32-22-30(18-19-31(32)34)39-24-33(37)35-29-17-15-16-28(21-29)23-36-26-40-25-27(36)2/h15-19,21-22,25-26H,3-14,20,23-24H2,1-2H3/p+1. The summed E-state index contributed by atoms with van der Waals surface area (Å²) in [6.45, 7) is 5.65. The molecule has 1 amide bonds. The number of carbonyl (C=O) groups excluding carboxylic acids is 1. The smallest absolute Gasteiger partial charge is 0.262 e. The molecule has 2 aromatic carbocycles. The summed E-state index contributed by atoms with van der Waals surface area (Å²) in [5.74, 6) is 0.935. The van der Waals surface area contributed by atoms with E-state index >= 15 is 0 Å². The highest BCUT2D eigenvalue weighted by Crippen LogP contribution is 2.29. The number of halogens is 1. The first-order valence-electron chi connectivity index (χ1n) is 14.9. The van der Waals surface area contributed by atoms with Crippen molar-refractivity contribution in [3.05, 3.63) is 69.6 Å². The quantitative estimate of drug-likeness (QED) is 0.106. The number of rotatable bonds is 20. The predicted octanol–water partition coefficient (Wildman–Crippen LogP) is 9.14. The summed E-state index contributed by atoms with van der Waals surface area (Å²) in [5.41, 5.74) is 5.19. The van der Waals surface area contributed by atoms with Gasteiger partial charge >= 0.3 is 0 Å². The van der Waals surface area contributed by atoms with Gasteiger partial charge in [0.1, 0.15) is 11.5 Å². The number of hydrogen-bond donors (Lipinski definition) is 1. The Hall–Kier alpha value is -2.57. The number of unbranched alkanes of at least 4 members (excludes halogenated alkanes) is 11. The second-order valence-corrected chi connectivity index (χ2v) is 11.6. The van der Waals surface area contributed by atoms with Crippen LogP contribution < -0.4 is 19.4 Å². The minimum absolute atomic E-state index is 0.0948. The Morgan fingerprint density at radius 3 is 2.27 bits per heavy atom. The van der Waals surface area contributed by atoms with Crippen molar-refractivity contribution in [1.29, 1.82) is 0 Å². The van der Waals surface area contributed by atoms with Gasteiger partial charge in [0.15, 0.2) is 18.8 Å². The molecular formula is C33H46ClN2O3S+. The molecule has 3 aromatic rings. The third-order valence-electron chi connectivity index (χ3n) is 6.97. The number of hydrogen-bond acceptors (Lipinski definition) is 4. The fourth-order valence-electron chi connectivity index (χ4n) is 4.61. The van der Waals surface area contributed by atoms with Crippen LogP contribution in [0.4, 0.5) is 5.69 Å². The van der Waals surface area contributed by atoms with Gasteiger partial charge in [-0.15, -0.1) is 0 Å². The van der Waals surface area contributed by atoms with Crippen LogP contribution in [-0.4, -0.2) is 19.1 Å². The van der Waals surface area contributed by atoms with Gasteiger partial charge in [0, 0.05) is 24.2 Å². The summed E-state index contributed by atoms with van der Waals surface area (Å²) in [4.78, 5) is 12.5. The zero-order valence-corrected chi connectivity index (χ0v) is 25.8. The number of aromatic nitrogens is 1. The van der Waals surface area contributed by atoms with Crippen molar-refractivity contribution < 1.29 is 18.8 Å². The molecule has 0 radical (unpaired) electrons. The zero-order valence-electron chi connectivity index (χ0n) is 24.3. The first-order chi connectivity index (χ1) is 19.5. The van der Waals surface area contributed by atoms with E-state index in [1.165, 1.54) is 69.9 Å². The number of aryl methyl sites for hydroxylation is 1. The lowest BCUT2D eigenvalue weighted by molar-refractivity contribution is -0.689. The van der Waals surface area contributed by atoms with Gasteiger partial charge in [0.25, 0.3) is 5.91 Å². The van der Waals surface area contributed by atoms with Gasteiger partial charge in [-0.3, -0.25) is 4.79 Å². The molecule has 0 aliphatic carbocycles. The molecule has 5 nitrogen and oxygen atoms in total. The predicted molar refractivity (Wildman–Crippen MR) is 167 cm³/mol. The highest BCUT2D eigenvalue weighted by atomic mass is 35.5. The minimum Gasteiger partial charge on any atom is -0.492 e. The highest BCUT2D eigenvalue weighted by molar-refractivity contribution is 7.07. The van der Waals surface area contributed by atoms with Gasteiger partial charge in [-0.05, 0) is 30.7 Å². The third kappa shape index (κ3) is 12.3. The number of amides is 1. The summed E-state index contributed by atoms with van der Waals surface area (Å²) >= 11 is 8.01. The van der Waals surface area contributed by atoms with Crippen molar-refractivity contribution in [2.24, 2.45) is 0 Å². The zero-order chi connectivity index (χ0) is 28.4. The average Bonchev–Trinajstić information content (AvgIpc) is 3.35. The van der Waals surface area contributed by atoms with Crippen LogP contribution in [-0.2, 0) is 11.3 Å².